The minimum Gasteiger partial charge on any atom is -0.225 e. The fourth-order valence-corrected chi connectivity index (χ4v) is 3.55. The van der Waals surface area contributed by atoms with Gasteiger partial charge in [0, 0.05) is 10.4 Å². The maximum Gasteiger partial charge on any atom is 0.141 e. The second kappa shape index (κ2) is 4.58. The van der Waals surface area contributed by atoms with Gasteiger partial charge in [0.1, 0.15) is 16.3 Å². The highest BCUT2D eigenvalue weighted by Crippen LogP contribution is 2.40. The Balaban J connectivity index is 2.35. The van der Waals surface area contributed by atoms with E-state index < -0.39 is 0 Å². The summed E-state index contributed by atoms with van der Waals surface area (Å²) in [6.07, 6.45) is 1.52. The summed E-state index contributed by atoms with van der Waals surface area (Å²) in [5.41, 5.74) is 4.92. The van der Waals surface area contributed by atoms with Crippen molar-refractivity contribution in [1.29, 1.82) is 0 Å². The molecule has 3 aromatic rings. The average molecular weight is 289 g/mol. The van der Waals surface area contributed by atoms with Crippen molar-refractivity contribution < 1.29 is 0 Å². The van der Waals surface area contributed by atoms with Crippen molar-refractivity contribution in [1.82, 2.24) is 9.97 Å². The molecule has 0 amide bonds. The number of halogens is 1. The van der Waals surface area contributed by atoms with Crippen LogP contribution in [0, 0.1) is 20.8 Å². The van der Waals surface area contributed by atoms with E-state index in [1.165, 1.54) is 27.9 Å². The number of aromatic nitrogens is 2. The topological polar surface area (TPSA) is 25.8 Å². The van der Waals surface area contributed by atoms with Crippen molar-refractivity contribution >= 4 is 33.2 Å². The Morgan fingerprint density at radius 2 is 1.84 bits per heavy atom. The molecule has 0 radical (unpaired) electrons. The molecule has 0 N–H and O–H groups in total. The molecule has 0 bridgehead atoms. The van der Waals surface area contributed by atoms with Gasteiger partial charge in [0.25, 0.3) is 0 Å². The van der Waals surface area contributed by atoms with Crippen molar-refractivity contribution in [2.45, 2.75) is 20.8 Å². The van der Waals surface area contributed by atoms with Crippen LogP contribution in [0.1, 0.15) is 16.0 Å². The predicted molar refractivity (Wildman–Crippen MR) is 82.1 cm³/mol. The minimum absolute atomic E-state index is 0.530. The summed E-state index contributed by atoms with van der Waals surface area (Å²) >= 11 is 7.91. The molecule has 3 rings (SSSR count). The van der Waals surface area contributed by atoms with E-state index in [0.29, 0.717) is 5.15 Å². The van der Waals surface area contributed by atoms with Gasteiger partial charge in [-0.25, -0.2) is 9.97 Å². The molecule has 0 aliphatic carbocycles. The standard InChI is InChI=1S/C15H13ClN2S/c1-8-4-5-11(6-9(8)2)12-10(3)19-15-13(12)14(16)17-7-18-15/h4-7H,1-3H3. The van der Waals surface area contributed by atoms with Crippen LogP contribution >= 0.6 is 22.9 Å². The van der Waals surface area contributed by atoms with Gasteiger partial charge in [-0.15, -0.1) is 11.3 Å². The molecular formula is C15H13ClN2S. The zero-order valence-electron chi connectivity index (χ0n) is 11.0. The fourth-order valence-electron chi connectivity index (χ4n) is 2.25. The van der Waals surface area contributed by atoms with Crippen molar-refractivity contribution in [3.63, 3.8) is 0 Å². The Morgan fingerprint density at radius 3 is 2.58 bits per heavy atom. The summed E-state index contributed by atoms with van der Waals surface area (Å²) in [6.45, 7) is 6.35. The second-order valence-corrected chi connectivity index (χ2v) is 6.24. The van der Waals surface area contributed by atoms with Gasteiger partial charge in [-0.2, -0.15) is 0 Å². The molecule has 0 fully saturated rings. The van der Waals surface area contributed by atoms with Gasteiger partial charge in [-0.1, -0.05) is 29.8 Å². The largest absolute Gasteiger partial charge is 0.225 e. The summed E-state index contributed by atoms with van der Waals surface area (Å²) < 4.78 is 0. The molecule has 19 heavy (non-hydrogen) atoms. The number of fused-ring (bicyclic) bond motifs is 1. The Morgan fingerprint density at radius 1 is 1.05 bits per heavy atom. The first-order valence-corrected chi connectivity index (χ1v) is 7.24. The van der Waals surface area contributed by atoms with Gasteiger partial charge in [0.15, 0.2) is 0 Å². The second-order valence-electron chi connectivity index (χ2n) is 4.68. The zero-order valence-corrected chi connectivity index (χ0v) is 12.6. The first-order chi connectivity index (χ1) is 9.08. The molecule has 0 spiro atoms. The molecule has 0 aliphatic heterocycles. The number of benzene rings is 1. The third-order valence-electron chi connectivity index (χ3n) is 3.41. The van der Waals surface area contributed by atoms with Crippen LogP contribution in [0.25, 0.3) is 21.3 Å². The summed E-state index contributed by atoms with van der Waals surface area (Å²) in [4.78, 5) is 10.6. The zero-order chi connectivity index (χ0) is 13.6. The number of thiophene rings is 1. The van der Waals surface area contributed by atoms with E-state index >= 15 is 0 Å². The SMILES string of the molecule is Cc1ccc(-c2c(C)sc3ncnc(Cl)c23)cc1C. The van der Waals surface area contributed by atoms with Crippen LogP contribution in [0.4, 0.5) is 0 Å². The molecule has 0 saturated heterocycles. The lowest BCUT2D eigenvalue weighted by molar-refractivity contribution is 1.23. The summed E-state index contributed by atoms with van der Waals surface area (Å²) in [6, 6.07) is 6.48. The van der Waals surface area contributed by atoms with Crippen LogP contribution in [0.5, 0.6) is 0 Å². The molecule has 2 aromatic heterocycles. The average Bonchev–Trinajstić information content (AvgIpc) is 2.70. The van der Waals surface area contributed by atoms with Crippen LogP contribution in [0.15, 0.2) is 24.5 Å². The van der Waals surface area contributed by atoms with E-state index in [0.717, 1.165) is 15.8 Å². The molecule has 96 valence electrons. The minimum atomic E-state index is 0.530. The van der Waals surface area contributed by atoms with Crippen LogP contribution in [-0.4, -0.2) is 9.97 Å². The van der Waals surface area contributed by atoms with Crippen LogP contribution in [0.2, 0.25) is 5.15 Å². The molecule has 0 atom stereocenters. The molecule has 1 aromatic carbocycles. The molecule has 2 heterocycles. The van der Waals surface area contributed by atoms with Crippen molar-refractivity contribution in [3.05, 3.63) is 45.7 Å². The lowest BCUT2D eigenvalue weighted by Gasteiger charge is -2.06. The molecule has 0 saturated carbocycles. The normalized spacial score (nSPS) is 11.2. The van der Waals surface area contributed by atoms with Crippen LogP contribution in [0.3, 0.4) is 0 Å². The Labute approximate surface area is 121 Å². The van der Waals surface area contributed by atoms with Crippen LogP contribution < -0.4 is 0 Å². The van der Waals surface area contributed by atoms with Gasteiger partial charge in [-0.05, 0) is 37.5 Å². The number of hydrogen-bond acceptors (Lipinski definition) is 3. The van der Waals surface area contributed by atoms with Crippen molar-refractivity contribution in [2.75, 3.05) is 0 Å². The summed E-state index contributed by atoms with van der Waals surface area (Å²) in [7, 11) is 0. The smallest absolute Gasteiger partial charge is 0.141 e. The van der Waals surface area contributed by atoms with Gasteiger partial charge in [0.2, 0.25) is 0 Å². The van der Waals surface area contributed by atoms with E-state index in [2.05, 4.69) is 48.9 Å². The third kappa shape index (κ3) is 2.03. The van der Waals surface area contributed by atoms with Gasteiger partial charge in [-0.3, -0.25) is 0 Å². The number of rotatable bonds is 1. The summed E-state index contributed by atoms with van der Waals surface area (Å²) in [5.74, 6) is 0. The Hall–Kier alpha value is -1.45. The maximum atomic E-state index is 6.25. The molecule has 4 heteroatoms. The molecule has 0 aliphatic rings. The van der Waals surface area contributed by atoms with Gasteiger partial charge < -0.3 is 0 Å². The molecule has 2 nitrogen and oxygen atoms in total. The third-order valence-corrected chi connectivity index (χ3v) is 4.71. The van der Waals surface area contributed by atoms with E-state index in [9.17, 15) is 0 Å². The first-order valence-electron chi connectivity index (χ1n) is 6.05. The lowest BCUT2D eigenvalue weighted by Crippen LogP contribution is -1.86. The Bertz CT molecular complexity index is 777. The quantitative estimate of drug-likeness (QED) is 0.593. The van der Waals surface area contributed by atoms with E-state index in [1.807, 2.05) is 0 Å². The van der Waals surface area contributed by atoms with Crippen molar-refractivity contribution in [2.24, 2.45) is 0 Å². The van der Waals surface area contributed by atoms with E-state index in [1.54, 1.807) is 11.3 Å². The number of hydrogen-bond donors (Lipinski definition) is 0. The van der Waals surface area contributed by atoms with Gasteiger partial charge in [0.05, 0.1) is 5.39 Å². The fraction of sp³-hybridized carbons (Fsp3) is 0.200. The Kier molecular flexibility index (Phi) is 3.03. The van der Waals surface area contributed by atoms with Crippen LogP contribution in [-0.2, 0) is 0 Å². The highest BCUT2D eigenvalue weighted by atomic mass is 35.5. The summed E-state index contributed by atoms with van der Waals surface area (Å²) in [5, 5.41) is 1.50. The predicted octanol–water partition coefficient (Wildman–Crippen LogP) is 4.94. The van der Waals surface area contributed by atoms with E-state index in [4.69, 9.17) is 11.6 Å². The molecule has 0 unspecified atom stereocenters. The monoisotopic (exact) mass is 288 g/mol. The van der Waals surface area contributed by atoms with E-state index in [-0.39, 0.29) is 0 Å². The molecular weight excluding hydrogens is 276 g/mol. The highest BCUT2D eigenvalue weighted by molar-refractivity contribution is 7.19. The number of aryl methyl sites for hydroxylation is 3. The maximum absolute atomic E-state index is 6.25. The number of nitrogens with zero attached hydrogens (tertiary/aromatic N) is 2. The van der Waals surface area contributed by atoms with Crippen molar-refractivity contribution in [3.8, 4) is 11.1 Å². The van der Waals surface area contributed by atoms with Gasteiger partial charge >= 0.3 is 0 Å². The highest BCUT2D eigenvalue weighted by Gasteiger charge is 2.15. The first kappa shape index (κ1) is 12.6. The lowest BCUT2D eigenvalue weighted by atomic mass is 9.99.